The molecule has 0 saturated heterocycles. The Morgan fingerprint density at radius 3 is 2.39 bits per heavy atom. The zero-order valence-electron chi connectivity index (χ0n) is 21.9. The molecule has 4 aromatic rings. The van der Waals surface area contributed by atoms with Crippen LogP contribution in [0.1, 0.15) is 45.8 Å². The monoisotopic (exact) mass is 511 g/mol. The Kier molecular flexibility index (Phi) is 6.68. The van der Waals surface area contributed by atoms with Gasteiger partial charge in [0.05, 0.1) is 30.7 Å². The minimum Gasteiger partial charge on any atom is -0.497 e. The first-order valence-electron chi connectivity index (χ1n) is 12.4. The second kappa shape index (κ2) is 10.1. The van der Waals surface area contributed by atoms with Gasteiger partial charge in [-0.1, -0.05) is 18.7 Å². The number of aryl methyl sites for hydroxylation is 2. The third kappa shape index (κ3) is 4.20. The van der Waals surface area contributed by atoms with Crippen molar-refractivity contribution in [1.82, 2.24) is 0 Å². The molecule has 1 unspecified atom stereocenters. The van der Waals surface area contributed by atoms with Crippen LogP contribution in [-0.4, -0.2) is 26.2 Å². The lowest BCUT2D eigenvalue weighted by Gasteiger charge is -2.26. The second-order valence-electron chi connectivity index (χ2n) is 9.12. The highest BCUT2D eigenvalue weighted by molar-refractivity contribution is 6.10. The van der Waals surface area contributed by atoms with Crippen molar-refractivity contribution in [3.63, 3.8) is 0 Å². The minimum atomic E-state index is -0.735. The van der Waals surface area contributed by atoms with Crippen LogP contribution >= 0.6 is 0 Å². The Hall–Kier alpha value is -4.52. The molecule has 0 radical (unpaired) electrons. The predicted molar refractivity (Wildman–Crippen MR) is 147 cm³/mol. The van der Waals surface area contributed by atoms with Crippen LogP contribution in [0.15, 0.2) is 76.5 Å². The third-order valence-electron chi connectivity index (χ3n) is 6.78. The van der Waals surface area contributed by atoms with Gasteiger partial charge in [-0.3, -0.25) is 14.5 Å². The van der Waals surface area contributed by atoms with E-state index in [0.29, 0.717) is 58.2 Å². The van der Waals surface area contributed by atoms with Gasteiger partial charge in [0.2, 0.25) is 5.76 Å². The molecule has 3 aromatic carbocycles. The largest absolute Gasteiger partial charge is 0.497 e. The number of benzene rings is 3. The van der Waals surface area contributed by atoms with Gasteiger partial charge in [-0.05, 0) is 86.0 Å². The average Bonchev–Trinajstić information content (AvgIpc) is 3.21. The first-order chi connectivity index (χ1) is 18.4. The van der Waals surface area contributed by atoms with Crippen molar-refractivity contribution >= 4 is 22.6 Å². The van der Waals surface area contributed by atoms with Crippen molar-refractivity contribution in [2.45, 2.75) is 26.8 Å². The molecule has 1 aromatic heterocycles. The number of hydrogen-bond acceptors (Lipinski definition) is 6. The van der Waals surface area contributed by atoms with Crippen molar-refractivity contribution < 1.29 is 23.4 Å². The first kappa shape index (κ1) is 25.1. The maximum atomic E-state index is 14.0. The zero-order chi connectivity index (χ0) is 27.0. The molecule has 7 nitrogen and oxygen atoms in total. The van der Waals surface area contributed by atoms with Gasteiger partial charge in [-0.15, -0.1) is 0 Å². The highest BCUT2D eigenvalue weighted by Gasteiger charge is 2.44. The molecule has 0 bridgehead atoms. The molecular weight excluding hydrogens is 482 g/mol. The van der Waals surface area contributed by atoms with E-state index in [2.05, 4.69) is 6.58 Å². The summed E-state index contributed by atoms with van der Waals surface area (Å²) in [6.07, 6.45) is 1.65. The number of anilines is 1. The van der Waals surface area contributed by atoms with Gasteiger partial charge in [0.1, 0.15) is 17.9 Å². The number of carbonyl (C=O) groups excluding carboxylic acids is 1. The topological polar surface area (TPSA) is 78.2 Å². The maximum Gasteiger partial charge on any atom is 0.295 e. The summed E-state index contributed by atoms with van der Waals surface area (Å²) >= 11 is 0. The highest BCUT2D eigenvalue weighted by atomic mass is 16.5. The quantitative estimate of drug-likeness (QED) is 0.265. The first-order valence-corrected chi connectivity index (χ1v) is 12.4. The molecule has 1 atom stereocenters. The lowest BCUT2D eigenvalue weighted by Crippen LogP contribution is -2.29. The van der Waals surface area contributed by atoms with Gasteiger partial charge < -0.3 is 18.6 Å². The molecule has 0 fully saturated rings. The summed E-state index contributed by atoms with van der Waals surface area (Å²) in [5, 5.41) is 0.442. The van der Waals surface area contributed by atoms with E-state index in [4.69, 9.17) is 18.6 Å². The SMILES string of the molecule is C=CCOc1ccc(C2c3c(oc4cc(C)c(C)cc4c3=O)C(=O)N2c2ccc(OC)cc2)cc1OCC. The standard InChI is InChI=1S/C31H29NO6/c1-6-14-37-24-13-8-20(17-26(24)36-7-2)28-27-29(33)23-15-18(3)19(4)16-25(23)38-30(27)31(34)32(28)21-9-11-22(35-5)12-10-21/h6,8-13,15-17,28H,1,7,14H2,2-5H3. The maximum absolute atomic E-state index is 14.0. The van der Waals surface area contributed by atoms with Gasteiger partial charge in [-0.2, -0.15) is 0 Å². The summed E-state index contributed by atoms with van der Waals surface area (Å²) < 4.78 is 23.1. The van der Waals surface area contributed by atoms with Gasteiger partial charge in [0.25, 0.3) is 5.91 Å². The molecular formula is C31H29NO6. The van der Waals surface area contributed by atoms with Gasteiger partial charge in [0.15, 0.2) is 16.9 Å². The molecule has 194 valence electrons. The summed E-state index contributed by atoms with van der Waals surface area (Å²) in [7, 11) is 1.58. The average molecular weight is 512 g/mol. The molecule has 2 heterocycles. The van der Waals surface area contributed by atoms with E-state index in [-0.39, 0.29) is 11.2 Å². The van der Waals surface area contributed by atoms with E-state index in [1.807, 2.05) is 45.0 Å². The van der Waals surface area contributed by atoms with Crippen LogP contribution in [0, 0.1) is 13.8 Å². The summed E-state index contributed by atoms with van der Waals surface area (Å²) in [4.78, 5) is 29.5. The van der Waals surface area contributed by atoms with Crippen molar-refractivity contribution in [3.8, 4) is 17.2 Å². The van der Waals surface area contributed by atoms with Crippen LogP contribution in [-0.2, 0) is 0 Å². The Morgan fingerprint density at radius 1 is 0.974 bits per heavy atom. The molecule has 0 spiro atoms. The van der Waals surface area contributed by atoms with Crippen LogP contribution < -0.4 is 24.5 Å². The molecule has 1 aliphatic heterocycles. The summed E-state index contributed by atoms with van der Waals surface area (Å²) in [5.74, 6) is 1.36. The van der Waals surface area contributed by atoms with Gasteiger partial charge >= 0.3 is 0 Å². The van der Waals surface area contributed by atoms with Crippen LogP contribution in [0.2, 0.25) is 0 Å². The molecule has 1 amide bonds. The number of hydrogen-bond donors (Lipinski definition) is 0. The number of methoxy groups -OCH3 is 1. The fourth-order valence-corrected chi connectivity index (χ4v) is 4.78. The normalized spacial score (nSPS) is 14.5. The fraction of sp³-hybridized carbons (Fsp3) is 0.226. The predicted octanol–water partition coefficient (Wildman–Crippen LogP) is 6.13. The molecule has 0 N–H and O–H groups in total. The second-order valence-corrected chi connectivity index (χ2v) is 9.12. The van der Waals surface area contributed by atoms with Crippen LogP contribution in [0.5, 0.6) is 17.2 Å². The van der Waals surface area contributed by atoms with Gasteiger partial charge in [0, 0.05) is 5.69 Å². The summed E-state index contributed by atoms with van der Waals surface area (Å²) in [6, 6.07) is 15.5. The Morgan fingerprint density at radius 2 is 1.71 bits per heavy atom. The van der Waals surface area contributed by atoms with Crippen molar-refractivity contribution in [3.05, 3.63) is 105 Å². The van der Waals surface area contributed by atoms with Gasteiger partial charge in [-0.25, -0.2) is 0 Å². The number of rotatable bonds is 8. The summed E-state index contributed by atoms with van der Waals surface area (Å²) in [5.41, 5.74) is 3.70. The van der Waals surface area contributed by atoms with Crippen molar-refractivity contribution in [2.75, 3.05) is 25.2 Å². The van der Waals surface area contributed by atoms with E-state index in [1.165, 1.54) is 0 Å². The fourth-order valence-electron chi connectivity index (χ4n) is 4.78. The van der Waals surface area contributed by atoms with Crippen LogP contribution in [0.25, 0.3) is 11.0 Å². The van der Waals surface area contributed by atoms with Crippen LogP contribution in [0.4, 0.5) is 5.69 Å². The smallest absolute Gasteiger partial charge is 0.295 e. The molecule has 1 aliphatic rings. The van der Waals surface area contributed by atoms with Crippen LogP contribution in [0.3, 0.4) is 0 Å². The minimum absolute atomic E-state index is 0.0384. The molecule has 7 heteroatoms. The van der Waals surface area contributed by atoms with E-state index in [1.54, 1.807) is 48.4 Å². The number of ether oxygens (including phenoxy) is 3. The highest BCUT2D eigenvalue weighted by Crippen LogP contribution is 2.43. The number of carbonyl (C=O) groups is 1. The zero-order valence-corrected chi connectivity index (χ0v) is 21.9. The molecule has 0 saturated carbocycles. The lowest BCUT2D eigenvalue weighted by atomic mass is 9.97. The van der Waals surface area contributed by atoms with Crippen molar-refractivity contribution in [1.29, 1.82) is 0 Å². The molecule has 5 rings (SSSR count). The number of fused-ring (bicyclic) bond motifs is 2. The Balaban J connectivity index is 1.75. The van der Waals surface area contributed by atoms with E-state index in [0.717, 1.165) is 11.1 Å². The van der Waals surface area contributed by atoms with E-state index < -0.39 is 11.9 Å². The third-order valence-corrected chi connectivity index (χ3v) is 6.78. The summed E-state index contributed by atoms with van der Waals surface area (Å²) in [6.45, 7) is 10.2. The lowest BCUT2D eigenvalue weighted by molar-refractivity contribution is 0.0971. The molecule has 0 aliphatic carbocycles. The van der Waals surface area contributed by atoms with Crippen molar-refractivity contribution in [2.24, 2.45) is 0 Å². The number of nitrogens with zero attached hydrogens (tertiary/aromatic N) is 1. The van der Waals surface area contributed by atoms with E-state index in [9.17, 15) is 9.59 Å². The number of amides is 1. The molecule has 38 heavy (non-hydrogen) atoms. The van der Waals surface area contributed by atoms with E-state index >= 15 is 0 Å². The Bertz CT molecular complexity index is 1600. The Labute approximate surface area is 220 Å².